The topological polar surface area (TPSA) is 79.3 Å². The molecule has 1 rings (SSSR count). The number of ether oxygens (including phenoxy) is 1. The monoisotopic (exact) mass is 268 g/mol. The van der Waals surface area contributed by atoms with E-state index in [1.54, 1.807) is 7.11 Å². The molecule has 0 amide bonds. The van der Waals surface area contributed by atoms with E-state index in [0.717, 1.165) is 17.2 Å². The first-order valence-electron chi connectivity index (χ1n) is 6.53. The molecule has 6 heteroatoms. The van der Waals surface area contributed by atoms with Crippen LogP contribution in [0.25, 0.3) is 0 Å². The number of aliphatic hydroxyl groups excluding tert-OH is 1. The molecule has 0 fully saturated rings. The van der Waals surface area contributed by atoms with E-state index in [1.165, 1.54) is 6.33 Å². The summed E-state index contributed by atoms with van der Waals surface area (Å²) in [7, 11) is 3.49. The average Bonchev–Trinajstić information content (AvgIpc) is 2.38. The van der Waals surface area contributed by atoms with E-state index < -0.39 is 0 Å². The normalized spacial score (nSPS) is 12.5. The molecule has 3 N–H and O–H groups in total. The van der Waals surface area contributed by atoms with Crippen molar-refractivity contribution >= 4 is 11.6 Å². The van der Waals surface area contributed by atoms with Gasteiger partial charge in [-0.2, -0.15) is 0 Å². The van der Waals surface area contributed by atoms with Gasteiger partial charge >= 0.3 is 0 Å². The molecule has 0 spiro atoms. The van der Waals surface area contributed by atoms with E-state index in [0.29, 0.717) is 18.9 Å². The Labute approximate surface area is 114 Å². The zero-order valence-electron chi connectivity index (χ0n) is 12.1. The molecule has 19 heavy (non-hydrogen) atoms. The van der Waals surface area contributed by atoms with E-state index in [4.69, 9.17) is 9.84 Å². The van der Waals surface area contributed by atoms with Crippen LogP contribution in [-0.4, -0.2) is 48.5 Å². The van der Waals surface area contributed by atoms with Gasteiger partial charge in [-0.3, -0.25) is 0 Å². The molecule has 0 aliphatic rings. The van der Waals surface area contributed by atoms with Gasteiger partial charge in [-0.25, -0.2) is 9.97 Å². The Morgan fingerprint density at radius 3 is 2.53 bits per heavy atom. The van der Waals surface area contributed by atoms with Crippen LogP contribution in [0.3, 0.4) is 0 Å². The van der Waals surface area contributed by atoms with E-state index in [-0.39, 0.29) is 12.6 Å². The molecular formula is C13H24N4O2. The predicted molar refractivity (Wildman–Crippen MR) is 76.7 cm³/mol. The Morgan fingerprint density at radius 1 is 1.32 bits per heavy atom. The first-order chi connectivity index (χ1) is 9.13. The zero-order valence-corrected chi connectivity index (χ0v) is 12.1. The van der Waals surface area contributed by atoms with Crippen LogP contribution in [0.4, 0.5) is 11.6 Å². The summed E-state index contributed by atoms with van der Waals surface area (Å²) < 4.78 is 5.15. The Morgan fingerprint density at radius 2 is 2.00 bits per heavy atom. The Hall–Kier alpha value is -1.40. The minimum absolute atomic E-state index is 0.0344. The van der Waals surface area contributed by atoms with Gasteiger partial charge in [0.2, 0.25) is 0 Å². The third kappa shape index (κ3) is 4.33. The van der Waals surface area contributed by atoms with Crippen molar-refractivity contribution in [2.75, 3.05) is 38.0 Å². The molecule has 1 unspecified atom stereocenters. The van der Waals surface area contributed by atoms with Crippen LogP contribution < -0.4 is 10.6 Å². The molecule has 0 aliphatic heterocycles. The summed E-state index contributed by atoms with van der Waals surface area (Å²) in [5, 5.41) is 15.5. The van der Waals surface area contributed by atoms with Crippen LogP contribution in [0.1, 0.15) is 31.7 Å². The smallest absolute Gasteiger partial charge is 0.135 e. The summed E-state index contributed by atoms with van der Waals surface area (Å²) in [4.78, 5) is 8.55. The van der Waals surface area contributed by atoms with Crippen molar-refractivity contribution in [2.45, 2.75) is 32.2 Å². The molecular weight excluding hydrogens is 244 g/mol. The van der Waals surface area contributed by atoms with Crippen LogP contribution in [0.15, 0.2) is 6.33 Å². The average molecular weight is 268 g/mol. The van der Waals surface area contributed by atoms with E-state index in [9.17, 15) is 0 Å². The van der Waals surface area contributed by atoms with Gasteiger partial charge in [0.25, 0.3) is 0 Å². The van der Waals surface area contributed by atoms with Gasteiger partial charge < -0.3 is 20.5 Å². The van der Waals surface area contributed by atoms with Crippen LogP contribution in [-0.2, 0) is 4.74 Å². The molecule has 0 bridgehead atoms. The maximum absolute atomic E-state index is 9.08. The minimum atomic E-state index is 0.0344. The van der Waals surface area contributed by atoms with Gasteiger partial charge in [-0.05, 0) is 12.3 Å². The number of rotatable bonds is 8. The van der Waals surface area contributed by atoms with Crippen molar-refractivity contribution < 1.29 is 9.84 Å². The van der Waals surface area contributed by atoms with Crippen molar-refractivity contribution in [3.8, 4) is 0 Å². The van der Waals surface area contributed by atoms with Crippen LogP contribution >= 0.6 is 0 Å². The predicted octanol–water partition coefficient (Wildman–Crippen LogP) is 1.45. The summed E-state index contributed by atoms with van der Waals surface area (Å²) in [5.74, 6) is 1.92. The summed E-state index contributed by atoms with van der Waals surface area (Å²) in [6.07, 6.45) is 2.15. The summed E-state index contributed by atoms with van der Waals surface area (Å²) in [5.41, 5.74) is 1.05. The van der Waals surface area contributed by atoms with Crippen LogP contribution in [0, 0.1) is 0 Å². The lowest BCUT2D eigenvalue weighted by atomic mass is 10.0. The number of hydrogen-bond donors (Lipinski definition) is 3. The van der Waals surface area contributed by atoms with Crippen LogP contribution in [0.2, 0.25) is 0 Å². The Bertz CT molecular complexity index is 379. The Kier molecular flexibility index (Phi) is 6.52. The number of methoxy groups -OCH3 is 1. The number of nitrogens with one attached hydrogen (secondary N) is 2. The molecule has 1 aromatic rings. The molecule has 0 saturated carbocycles. The maximum Gasteiger partial charge on any atom is 0.135 e. The quantitative estimate of drug-likeness (QED) is 0.662. The van der Waals surface area contributed by atoms with Gasteiger partial charge in [-0.1, -0.05) is 13.8 Å². The highest BCUT2D eigenvalue weighted by molar-refractivity contribution is 5.59. The van der Waals surface area contributed by atoms with Gasteiger partial charge in [0.1, 0.15) is 18.0 Å². The molecule has 0 saturated heterocycles. The molecule has 0 aliphatic carbocycles. The second-order valence-corrected chi connectivity index (χ2v) is 4.70. The minimum Gasteiger partial charge on any atom is -0.396 e. The summed E-state index contributed by atoms with van der Waals surface area (Å²) in [6.45, 7) is 4.84. The van der Waals surface area contributed by atoms with Crippen molar-refractivity contribution in [2.24, 2.45) is 0 Å². The molecule has 0 aromatic carbocycles. The fourth-order valence-electron chi connectivity index (χ4n) is 2.00. The Balaban J connectivity index is 2.98. The molecule has 1 heterocycles. The second kappa shape index (κ2) is 7.91. The van der Waals surface area contributed by atoms with E-state index in [1.807, 2.05) is 7.05 Å². The van der Waals surface area contributed by atoms with Gasteiger partial charge in [0, 0.05) is 26.3 Å². The third-order valence-corrected chi connectivity index (χ3v) is 2.88. The number of nitrogens with zero attached hydrogens (tertiary/aromatic N) is 2. The lowest BCUT2D eigenvalue weighted by Gasteiger charge is -2.22. The number of hydrogen-bond acceptors (Lipinski definition) is 6. The highest BCUT2D eigenvalue weighted by atomic mass is 16.5. The largest absolute Gasteiger partial charge is 0.396 e. The van der Waals surface area contributed by atoms with E-state index in [2.05, 4.69) is 34.4 Å². The van der Waals surface area contributed by atoms with Gasteiger partial charge in [0.15, 0.2) is 0 Å². The number of aromatic nitrogens is 2. The highest BCUT2D eigenvalue weighted by Gasteiger charge is 2.17. The fourth-order valence-corrected chi connectivity index (χ4v) is 2.00. The van der Waals surface area contributed by atoms with Crippen LogP contribution in [0.5, 0.6) is 0 Å². The maximum atomic E-state index is 9.08. The van der Waals surface area contributed by atoms with Crippen molar-refractivity contribution in [3.05, 3.63) is 11.9 Å². The van der Waals surface area contributed by atoms with Crippen molar-refractivity contribution in [3.63, 3.8) is 0 Å². The van der Waals surface area contributed by atoms with Gasteiger partial charge in [0.05, 0.1) is 12.6 Å². The molecule has 1 aromatic heterocycles. The van der Waals surface area contributed by atoms with Gasteiger partial charge in [-0.15, -0.1) is 0 Å². The van der Waals surface area contributed by atoms with Crippen molar-refractivity contribution in [1.29, 1.82) is 0 Å². The third-order valence-electron chi connectivity index (χ3n) is 2.88. The number of aliphatic hydroxyl groups is 1. The molecule has 0 radical (unpaired) electrons. The lowest BCUT2D eigenvalue weighted by molar-refractivity contribution is 0.170. The summed E-state index contributed by atoms with van der Waals surface area (Å²) >= 11 is 0. The molecule has 1 atom stereocenters. The summed E-state index contributed by atoms with van der Waals surface area (Å²) in [6, 6.07) is 0.0344. The number of anilines is 2. The SMILES string of the molecule is CNc1ncnc(NC(CCO)COC)c1C(C)C. The second-order valence-electron chi connectivity index (χ2n) is 4.70. The molecule has 6 nitrogen and oxygen atoms in total. The standard InChI is InChI=1S/C13H24N4O2/c1-9(2)11-12(14-3)15-8-16-13(11)17-10(5-6-18)7-19-4/h8-10,18H,5-7H2,1-4H3,(H2,14,15,16,17). The lowest BCUT2D eigenvalue weighted by Crippen LogP contribution is -2.27. The zero-order chi connectivity index (χ0) is 14.3. The van der Waals surface area contributed by atoms with E-state index >= 15 is 0 Å². The fraction of sp³-hybridized carbons (Fsp3) is 0.692. The first kappa shape index (κ1) is 15.7. The first-order valence-corrected chi connectivity index (χ1v) is 6.53. The highest BCUT2D eigenvalue weighted by Crippen LogP contribution is 2.28. The molecule has 108 valence electrons. The van der Waals surface area contributed by atoms with Crippen molar-refractivity contribution in [1.82, 2.24) is 9.97 Å².